The molecule has 0 radical (unpaired) electrons. The van der Waals surface area contributed by atoms with Gasteiger partial charge in [0.05, 0.1) is 5.02 Å². The van der Waals surface area contributed by atoms with Crippen molar-refractivity contribution in [1.82, 2.24) is 5.16 Å². The van der Waals surface area contributed by atoms with E-state index in [1.807, 2.05) is 0 Å². The van der Waals surface area contributed by atoms with Crippen molar-refractivity contribution in [2.75, 3.05) is 0 Å². The van der Waals surface area contributed by atoms with E-state index in [0.717, 1.165) is 0 Å². The highest BCUT2D eigenvalue weighted by molar-refractivity contribution is 9.10. The van der Waals surface area contributed by atoms with E-state index in [1.54, 1.807) is 25.1 Å². The molecule has 0 unspecified atom stereocenters. The summed E-state index contributed by atoms with van der Waals surface area (Å²) in [4.78, 5) is 11.1. The molecule has 0 saturated carbocycles. The summed E-state index contributed by atoms with van der Waals surface area (Å²) in [5.74, 6) is -0.843. The molecule has 1 aromatic heterocycles. The summed E-state index contributed by atoms with van der Waals surface area (Å²) in [5.41, 5.74) is 0.773. The van der Waals surface area contributed by atoms with Crippen molar-refractivity contribution in [1.29, 1.82) is 0 Å². The van der Waals surface area contributed by atoms with Crippen LogP contribution in [-0.2, 0) is 0 Å². The summed E-state index contributed by atoms with van der Waals surface area (Å²) < 4.78 is 5.58. The Kier molecular flexibility index (Phi) is 3.22. The number of carboxylic acid groups (broad SMARTS) is 1. The van der Waals surface area contributed by atoms with Crippen LogP contribution in [0.2, 0.25) is 5.02 Å². The number of carboxylic acids is 1. The number of hydrogen-bond donors (Lipinski definition) is 1. The van der Waals surface area contributed by atoms with Crippen molar-refractivity contribution in [3.05, 3.63) is 39.0 Å². The van der Waals surface area contributed by atoms with Crippen molar-refractivity contribution in [2.45, 2.75) is 6.92 Å². The Morgan fingerprint density at radius 3 is 2.82 bits per heavy atom. The average molecular weight is 317 g/mol. The van der Waals surface area contributed by atoms with Gasteiger partial charge in [-0.1, -0.05) is 38.8 Å². The Hall–Kier alpha value is -1.33. The van der Waals surface area contributed by atoms with Gasteiger partial charge in [-0.05, 0) is 19.1 Å². The van der Waals surface area contributed by atoms with Gasteiger partial charge in [-0.2, -0.15) is 0 Å². The van der Waals surface area contributed by atoms with Crippen molar-refractivity contribution in [2.24, 2.45) is 0 Å². The van der Waals surface area contributed by atoms with Crippen molar-refractivity contribution in [3.63, 3.8) is 0 Å². The standard InChI is InChI=1S/C11H7BrClNO3/c1-5-8(11(15)16)10(14-17-5)9-6(12)3-2-4-7(9)13/h2-4H,1H3,(H,15,16). The summed E-state index contributed by atoms with van der Waals surface area (Å²) in [7, 11) is 0. The molecule has 88 valence electrons. The predicted octanol–water partition coefficient (Wildman–Crippen LogP) is 3.76. The minimum atomic E-state index is -1.09. The first kappa shape index (κ1) is 12.1. The van der Waals surface area contributed by atoms with Crippen LogP contribution in [0.1, 0.15) is 16.1 Å². The van der Waals surface area contributed by atoms with Crippen molar-refractivity contribution in [3.8, 4) is 11.3 Å². The molecule has 6 heteroatoms. The van der Waals surface area contributed by atoms with Gasteiger partial charge < -0.3 is 9.63 Å². The Balaban J connectivity index is 2.73. The first-order valence-electron chi connectivity index (χ1n) is 4.66. The average Bonchev–Trinajstić information content (AvgIpc) is 2.60. The van der Waals surface area contributed by atoms with E-state index in [1.165, 1.54) is 0 Å². The second kappa shape index (κ2) is 4.50. The summed E-state index contributed by atoms with van der Waals surface area (Å²) in [5, 5.41) is 13.3. The van der Waals surface area contributed by atoms with Crippen LogP contribution in [-0.4, -0.2) is 16.2 Å². The molecule has 2 aromatic rings. The van der Waals surface area contributed by atoms with E-state index in [9.17, 15) is 4.79 Å². The lowest BCUT2D eigenvalue weighted by molar-refractivity contribution is 0.0696. The molecule has 17 heavy (non-hydrogen) atoms. The number of carbonyl (C=O) groups is 1. The van der Waals surface area contributed by atoms with Crippen LogP contribution in [0.25, 0.3) is 11.3 Å². The second-order valence-electron chi connectivity index (χ2n) is 3.36. The van der Waals surface area contributed by atoms with Gasteiger partial charge in [0.15, 0.2) is 0 Å². The largest absolute Gasteiger partial charge is 0.477 e. The maximum atomic E-state index is 11.1. The van der Waals surface area contributed by atoms with Crippen LogP contribution < -0.4 is 0 Å². The number of benzene rings is 1. The molecule has 0 spiro atoms. The van der Waals surface area contributed by atoms with Gasteiger partial charge in [0.2, 0.25) is 0 Å². The van der Waals surface area contributed by atoms with Crippen LogP contribution in [0.3, 0.4) is 0 Å². The zero-order chi connectivity index (χ0) is 12.6. The van der Waals surface area contributed by atoms with E-state index < -0.39 is 5.97 Å². The molecule has 0 bridgehead atoms. The highest BCUT2D eigenvalue weighted by atomic mass is 79.9. The molecular formula is C11H7BrClNO3. The molecular weight excluding hydrogens is 309 g/mol. The lowest BCUT2D eigenvalue weighted by Crippen LogP contribution is -1.99. The third kappa shape index (κ3) is 2.08. The molecule has 0 amide bonds. The van der Waals surface area contributed by atoms with Gasteiger partial charge in [0.1, 0.15) is 17.0 Å². The normalized spacial score (nSPS) is 10.5. The van der Waals surface area contributed by atoms with Crippen LogP contribution in [0, 0.1) is 6.92 Å². The van der Waals surface area contributed by atoms with Gasteiger partial charge in [-0.3, -0.25) is 0 Å². The Bertz CT molecular complexity index is 574. The summed E-state index contributed by atoms with van der Waals surface area (Å²) in [6.07, 6.45) is 0. The topological polar surface area (TPSA) is 63.3 Å². The third-order valence-electron chi connectivity index (χ3n) is 2.28. The van der Waals surface area contributed by atoms with Gasteiger partial charge in [-0.25, -0.2) is 4.79 Å². The first-order chi connectivity index (χ1) is 8.02. The lowest BCUT2D eigenvalue weighted by atomic mass is 10.1. The maximum absolute atomic E-state index is 11.1. The molecule has 2 rings (SSSR count). The molecule has 0 aliphatic carbocycles. The van der Waals surface area contributed by atoms with Gasteiger partial charge >= 0.3 is 5.97 Å². The molecule has 0 aliphatic heterocycles. The SMILES string of the molecule is Cc1onc(-c2c(Cl)cccc2Br)c1C(=O)O. The summed E-state index contributed by atoms with van der Waals surface area (Å²) >= 11 is 9.36. The number of rotatable bonds is 2. The molecule has 1 N–H and O–H groups in total. The van der Waals surface area contributed by atoms with E-state index >= 15 is 0 Å². The molecule has 0 atom stereocenters. The smallest absolute Gasteiger partial charge is 0.341 e. The van der Waals surface area contributed by atoms with Gasteiger partial charge in [-0.15, -0.1) is 0 Å². The predicted molar refractivity (Wildman–Crippen MR) is 66.3 cm³/mol. The van der Waals surface area contributed by atoms with E-state index in [2.05, 4.69) is 21.1 Å². The summed E-state index contributed by atoms with van der Waals surface area (Å²) in [6, 6.07) is 5.18. The molecule has 1 heterocycles. The van der Waals surface area contributed by atoms with E-state index in [0.29, 0.717) is 15.1 Å². The summed E-state index contributed by atoms with van der Waals surface area (Å²) in [6.45, 7) is 1.55. The van der Waals surface area contributed by atoms with Crippen molar-refractivity contribution >= 4 is 33.5 Å². The van der Waals surface area contributed by atoms with Crippen LogP contribution in [0.15, 0.2) is 27.2 Å². The quantitative estimate of drug-likeness (QED) is 0.916. The van der Waals surface area contributed by atoms with Crippen molar-refractivity contribution < 1.29 is 14.4 Å². The maximum Gasteiger partial charge on any atom is 0.341 e. The third-order valence-corrected chi connectivity index (χ3v) is 3.25. The Labute approximate surface area is 110 Å². The van der Waals surface area contributed by atoms with Crippen LogP contribution in [0.4, 0.5) is 0 Å². The molecule has 0 fully saturated rings. The number of aromatic nitrogens is 1. The minimum Gasteiger partial charge on any atom is -0.477 e. The second-order valence-corrected chi connectivity index (χ2v) is 4.63. The number of hydrogen-bond acceptors (Lipinski definition) is 3. The monoisotopic (exact) mass is 315 g/mol. The first-order valence-corrected chi connectivity index (χ1v) is 5.83. The zero-order valence-electron chi connectivity index (χ0n) is 8.70. The molecule has 4 nitrogen and oxygen atoms in total. The van der Waals surface area contributed by atoms with E-state index in [4.69, 9.17) is 21.2 Å². The molecule has 0 aliphatic rings. The zero-order valence-corrected chi connectivity index (χ0v) is 11.0. The van der Waals surface area contributed by atoms with E-state index in [-0.39, 0.29) is 17.0 Å². The highest BCUT2D eigenvalue weighted by Gasteiger charge is 2.23. The van der Waals surface area contributed by atoms with Crippen LogP contribution >= 0.6 is 27.5 Å². The molecule has 1 aromatic carbocycles. The fraction of sp³-hybridized carbons (Fsp3) is 0.0909. The molecule has 0 saturated heterocycles. The highest BCUT2D eigenvalue weighted by Crippen LogP contribution is 2.36. The lowest BCUT2D eigenvalue weighted by Gasteiger charge is -2.04. The number of nitrogens with zero attached hydrogens (tertiary/aromatic N) is 1. The fourth-order valence-electron chi connectivity index (χ4n) is 1.52. The fourth-order valence-corrected chi connectivity index (χ4v) is 2.45. The van der Waals surface area contributed by atoms with Gasteiger partial charge in [0.25, 0.3) is 0 Å². The number of aryl methyl sites for hydroxylation is 1. The number of aromatic carboxylic acids is 1. The minimum absolute atomic E-state index is 0.0267. The van der Waals surface area contributed by atoms with Crippen LogP contribution in [0.5, 0.6) is 0 Å². The van der Waals surface area contributed by atoms with Gasteiger partial charge in [0, 0.05) is 10.0 Å². The Morgan fingerprint density at radius 1 is 1.53 bits per heavy atom. The number of halogens is 2. The Morgan fingerprint density at radius 2 is 2.24 bits per heavy atom.